The molecule has 0 heterocycles. The quantitative estimate of drug-likeness (QED) is 0.492. The number of hydrogen-bond acceptors (Lipinski definition) is 0. The minimum atomic E-state index is 0. The van der Waals surface area contributed by atoms with Gasteiger partial charge in [-0.15, -0.1) is 11.6 Å². The third-order valence-corrected chi connectivity index (χ3v) is 2.42. The van der Waals surface area contributed by atoms with Gasteiger partial charge in [0.1, 0.15) is 0 Å². The van der Waals surface area contributed by atoms with Gasteiger partial charge in [-0.3, -0.25) is 6.08 Å². The minimum absolute atomic E-state index is 0. The Morgan fingerprint density at radius 1 is 1.13 bits per heavy atom. The Bertz CT molecular complexity index is 321. The molecule has 1 atom stereocenters. The Labute approximate surface area is 109 Å². The summed E-state index contributed by atoms with van der Waals surface area (Å²) in [6.45, 7) is 4.49. The van der Waals surface area contributed by atoms with Crippen LogP contribution in [0.2, 0.25) is 0 Å². The molecule has 1 aromatic rings. The molecule has 1 unspecified atom stereocenters. The first-order valence-corrected chi connectivity index (χ1v) is 4.47. The fourth-order valence-corrected chi connectivity index (χ4v) is 1.75. The Balaban J connectivity index is 0. The summed E-state index contributed by atoms with van der Waals surface area (Å²) in [4.78, 5) is 0. The summed E-state index contributed by atoms with van der Waals surface area (Å²) in [6, 6.07) is 8.55. The van der Waals surface area contributed by atoms with Gasteiger partial charge in [-0.1, -0.05) is 43.9 Å². The van der Waals surface area contributed by atoms with Crippen LogP contribution in [0.25, 0.3) is 6.08 Å². The molecule has 0 amide bonds. The third-order valence-electron chi connectivity index (χ3n) is 2.42. The van der Waals surface area contributed by atoms with E-state index >= 15 is 0 Å². The summed E-state index contributed by atoms with van der Waals surface area (Å²) in [5.41, 5.74) is 2.78. The van der Waals surface area contributed by atoms with Crippen molar-refractivity contribution in [3.63, 3.8) is 0 Å². The van der Waals surface area contributed by atoms with Crippen molar-refractivity contribution in [3.05, 3.63) is 41.5 Å². The Morgan fingerprint density at radius 2 is 1.73 bits per heavy atom. The second-order valence-corrected chi connectivity index (χ2v) is 3.66. The van der Waals surface area contributed by atoms with E-state index in [1.165, 1.54) is 11.1 Å². The van der Waals surface area contributed by atoms with Crippen LogP contribution < -0.4 is 9.41 Å². The van der Waals surface area contributed by atoms with Crippen LogP contribution in [-0.4, -0.2) is 0 Å². The van der Waals surface area contributed by atoms with E-state index in [0.717, 1.165) is 0 Å². The first-order chi connectivity index (χ1) is 5.79. The minimum Gasteiger partial charge on any atom is -1.00 e. The number of benzene rings is 1. The van der Waals surface area contributed by atoms with E-state index in [0.29, 0.717) is 11.8 Å². The van der Waals surface area contributed by atoms with E-state index in [4.69, 9.17) is 0 Å². The second-order valence-electron chi connectivity index (χ2n) is 3.66. The van der Waals surface area contributed by atoms with Crippen LogP contribution in [0.3, 0.4) is 0 Å². The number of halogens is 2. The zero-order chi connectivity index (χ0) is 8.55. The van der Waals surface area contributed by atoms with E-state index in [9.17, 15) is 0 Å². The van der Waals surface area contributed by atoms with Crippen molar-refractivity contribution < 1.29 is 35.6 Å². The average Bonchev–Trinajstić information content (AvgIpc) is 2.47. The summed E-state index contributed by atoms with van der Waals surface area (Å²) in [7, 11) is 0. The first kappa shape index (κ1) is 17.1. The molecule has 0 aromatic heterocycles. The van der Waals surface area contributed by atoms with E-state index < -0.39 is 0 Å². The molecule has 1 aromatic carbocycles. The fraction of sp³-hybridized carbons (Fsp3) is 0.333. The van der Waals surface area contributed by atoms with Gasteiger partial charge in [0.05, 0.1) is 0 Å². The van der Waals surface area contributed by atoms with E-state index in [1.54, 1.807) is 0 Å². The summed E-state index contributed by atoms with van der Waals surface area (Å²) in [5.74, 6) is 1.17. The number of allylic oxidation sites excluding steroid dienone is 1. The first-order valence-electron chi connectivity index (χ1n) is 4.47. The van der Waals surface area contributed by atoms with Crippen LogP contribution >= 0.6 is 0 Å². The smallest absolute Gasteiger partial charge is 1.00 e. The zero-order valence-electron chi connectivity index (χ0n) is 8.80. The van der Waals surface area contributed by atoms with Crippen LogP contribution in [-0.2, 0) is 26.2 Å². The van der Waals surface area contributed by atoms with E-state index in [1.807, 2.05) is 0 Å². The molecule has 1 aliphatic rings. The molecule has 15 heavy (non-hydrogen) atoms. The molecule has 0 N–H and O–H groups in total. The Hall–Kier alpha value is -0.297. The summed E-state index contributed by atoms with van der Waals surface area (Å²) in [5, 5.41) is 0. The van der Waals surface area contributed by atoms with Gasteiger partial charge in [0.25, 0.3) is 0 Å². The average molecular weight is 286 g/mol. The Morgan fingerprint density at radius 3 is 2.33 bits per heavy atom. The van der Waals surface area contributed by atoms with Gasteiger partial charge in [-0.25, -0.2) is 6.08 Å². The molecule has 0 fully saturated rings. The summed E-state index contributed by atoms with van der Waals surface area (Å²) in [6.07, 6.45) is 5.51. The molecule has 79 valence electrons. The molecule has 0 bridgehead atoms. The van der Waals surface area contributed by atoms with Crippen LogP contribution in [0.1, 0.15) is 30.9 Å². The van der Waals surface area contributed by atoms with Crippen molar-refractivity contribution in [2.75, 3.05) is 0 Å². The van der Waals surface area contributed by atoms with E-state index in [2.05, 4.69) is 50.3 Å². The number of fused-ring (bicyclic) bond motifs is 1. The molecule has 1 radical (unpaired) electrons. The van der Waals surface area contributed by atoms with Crippen molar-refractivity contribution in [2.45, 2.75) is 19.8 Å². The van der Waals surface area contributed by atoms with Gasteiger partial charge >= 0.3 is 26.2 Å². The maximum Gasteiger partial charge on any atom is 3.00 e. The van der Waals surface area contributed by atoms with Crippen molar-refractivity contribution in [3.8, 4) is 0 Å². The summed E-state index contributed by atoms with van der Waals surface area (Å²) >= 11 is 0. The molecule has 0 spiro atoms. The van der Waals surface area contributed by atoms with Crippen LogP contribution in [0.5, 0.6) is 0 Å². The maximum atomic E-state index is 3.40. The van der Waals surface area contributed by atoms with Gasteiger partial charge < -0.3 is 9.41 Å². The molecule has 0 aliphatic heterocycles. The molecule has 2 rings (SSSR count). The predicted octanol–water partition coefficient (Wildman–Crippen LogP) is -2.74. The van der Waals surface area contributed by atoms with Crippen molar-refractivity contribution in [1.29, 1.82) is 0 Å². The molecule has 1 aliphatic carbocycles. The number of rotatable bonds is 1. The molecule has 0 saturated heterocycles. The Kier molecular flexibility index (Phi) is 8.05. The largest absolute Gasteiger partial charge is 3.00 e. The topological polar surface area (TPSA) is 0 Å². The monoisotopic (exact) mass is 285 g/mol. The molecular formula is C12H13F2Zr. The summed E-state index contributed by atoms with van der Waals surface area (Å²) < 4.78 is 0. The van der Waals surface area contributed by atoms with Crippen molar-refractivity contribution >= 4 is 6.08 Å². The normalized spacial score (nSPS) is 16.1. The maximum absolute atomic E-state index is 3.40. The SMILES string of the molecule is CC(C)C1[C-]=Cc2ccccc21.[F-].[F-].[Zr+3]. The third kappa shape index (κ3) is 3.34. The fourth-order valence-electron chi connectivity index (χ4n) is 1.75. The van der Waals surface area contributed by atoms with Crippen molar-refractivity contribution in [1.82, 2.24) is 0 Å². The van der Waals surface area contributed by atoms with Crippen molar-refractivity contribution in [2.24, 2.45) is 5.92 Å². The molecular weight excluding hydrogens is 273 g/mol. The van der Waals surface area contributed by atoms with Gasteiger partial charge in [-0.2, -0.15) is 5.56 Å². The van der Waals surface area contributed by atoms with Crippen LogP contribution in [0.15, 0.2) is 24.3 Å². The zero-order valence-corrected chi connectivity index (χ0v) is 11.3. The van der Waals surface area contributed by atoms with Crippen LogP contribution in [0.4, 0.5) is 0 Å². The standard InChI is InChI=1S/C12H13.2FH.Zr/c1-9(2)11-8-7-10-5-3-4-6-12(10)11;;;/h3-7,9,11H,1-2H3;2*1H;/q-1;;;+3/p-2. The van der Waals surface area contributed by atoms with Gasteiger partial charge in [0.2, 0.25) is 0 Å². The molecule has 3 heteroatoms. The molecule has 0 nitrogen and oxygen atoms in total. The molecule has 0 saturated carbocycles. The van der Waals surface area contributed by atoms with E-state index in [-0.39, 0.29) is 35.6 Å². The van der Waals surface area contributed by atoms with Gasteiger partial charge in [0.15, 0.2) is 0 Å². The van der Waals surface area contributed by atoms with Gasteiger partial charge in [0, 0.05) is 0 Å². The van der Waals surface area contributed by atoms with Crippen LogP contribution in [0, 0.1) is 12.0 Å². The second kappa shape index (κ2) is 7.06. The predicted molar refractivity (Wildman–Crippen MR) is 51.7 cm³/mol. The number of hydrogen-bond donors (Lipinski definition) is 0. The van der Waals surface area contributed by atoms with Gasteiger partial charge in [-0.05, 0) is 0 Å².